The minimum absolute atomic E-state index is 0.0975. The Labute approximate surface area is 124 Å². The van der Waals surface area contributed by atoms with Crippen LogP contribution in [0.5, 0.6) is 0 Å². The second-order valence-corrected chi connectivity index (χ2v) is 4.83. The number of nitrogens with zero attached hydrogens (tertiary/aromatic N) is 3. The van der Waals surface area contributed by atoms with Crippen LogP contribution in [0.4, 0.5) is 5.69 Å². The van der Waals surface area contributed by atoms with E-state index in [1.54, 1.807) is 12.1 Å². The maximum Gasteiger partial charge on any atom is 0.244 e. The number of benzene rings is 1. The van der Waals surface area contributed by atoms with Gasteiger partial charge in [0.2, 0.25) is 5.91 Å². The molecule has 5 nitrogen and oxygen atoms in total. The molecule has 0 aliphatic heterocycles. The molecule has 0 fully saturated rings. The molecule has 1 rings (SSSR count). The van der Waals surface area contributed by atoms with Crippen molar-refractivity contribution in [2.24, 2.45) is 5.41 Å². The summed E-state index contributed by atoms with van der Waals surface area (Å²) < 4.78 is 0. The number of amides is 1. The molecule has 0 aliphatic rings. The zero-order valence-electron chi connectivity index (χ0n) is 11.9. The van der Waals surface area contributed by atoms with Crippen LogP contribution in [-0.2, 0) is 4.79 Å². The van der Waals surface area contributed by atoms with Gasteiger partial charge in [0.25, 0.3) is 0 Å². The van der Waals surface area contributed by atoms with Crippen molar-refractivity contribution in [2.45, 2.75) is 32.6 Å². The molecule has 0 spiro atoms. The number of carbonyl (C=O) groups excluding carboxylic acids is 1. The molecule has 0 aliphatic carbocycles. The monoisotopic (exact) mass is 280 g/mol. The van der Waals surface area contributed by atoms with E-state index in [2.05, 4.69) is 5.32 Å². The van der Waals surface area contributed by atoms with Crippen LogP contribution in [0.2, 0.25) is 0 Å². The zero-order chi connectivity index (χ0) is 15.7. The van der Waals surface area contributed by atoms with E-state index in [1.165, 1.54) is 0 Å². The third kappa shape index (κ3) is 4.34. The minimum Gasteiger partial charge on any atom is -0.325 e. The smallest absolute Gasteiger partial charge is 0.244 e. The van der Waals surface area contributed by atoms with E-state index in [4.69, 9.17) is 10.5 Å². The standard InChI is InChI=1S/C16H16N4O/c1-13-4-6-14(7-5-13)20-15(21)16(12-19,8-2-10-17)9-3-11-18/h4-7H,2-3,8-9H2,1H3,(H,20,21). The molecule has 0 radical (unpaired) electrons. The first-order valence-electron chi connectivity index (χ1n) is 6.61. The van der Waals surface area contributed by atoms with E-state index < -0.39 is 11.3 Å². The molecule has 0 saturated heterocycles. The number of hydrogen-bond donors (Lipinski definition) is 1. The third-order valence-electron chi connectivity index (χ3n) is 3.29. The van der Waals surface area contributed by atoms with Crippen molar-refractivity contribution < 1.29 is 4.79 Å². The van der Waals surface area contributed by atoms with Crippen LogP contribution in [0.15, 0.2) is 24.3 Å². The number of rotatable bonds is 6. The van der Waals surface area contributed by atoms with E-state index in [0.29, 0.717) is 5.69 Å². The SMILES string of the molecule is Cc1ccc(NC(=O)C(C#N)(CCC#N)CCC#N)cc1. The largest absolute Gasteiger partial charge is 0.325 e. The molecule has 1 aromatic rings. The molecule has 5 heteroatoms. The fraction of sp³-hybridized carbons (Fsp3) is 0.375. The van der Waals surface area contributed by atoms with Crippen molar-refractivity contribution >= 4 is 11.6 Å². The summed E-state index contributed by atoms with van der Waals surface area (Å²) in [6.07, 6.45) is 0.444. The molecule has 0 bridgehead atoms. The molecule has 0 aromatic heterocycles. The predicted octanol–water partition coefficient (Wildman–Crippen LogP) is 3.05. The number of carbonyl (C=O) groups is 1. The van der Waals surface area contributed by atoms with Gasteiger partial charge in [-0.2, -0.15) is 15.8 Å². The Hall–Kier alpha value is -2.84. The maximum absolute atomic E-state index is 12.4. The molecule has 1 aromatic carbocycles. The topological polar surface area (TPSA) is 100 Å². The normalized spacial score (nSPS) is 10.0. The summed E-state index contributed by atoms with van der Waals surface area (Å²) in [4.78, 5) is 12.4. The van der Waals surface area contributed by atoms with E-state index in [9.17, 15) is 10.1 Å². The van der Waals surface area contributed by atoms with Gasteiger partial charge in [0.1, 0.15) is 5.41 Å². The predicted molar refractivity (Wildman–Crippen MR) is 77.5 cm³/mol. The lowest BCUT2D eigenvalue weighted by Gasteiger charge is -2.23. The van der Waals surface area contributed by atoms with Crippen molar-refractivity contribution in [3.63, 3.8) is 0 Å². The van der Waals surface area contributed by atoms with E-state index in [1.807, 2.05) is 37.3 Å². The van der Waals surface area contributed by atoms with Crippen LogP contribution in [0, 0.1) is 46.3 Å². The average molecular weight is 280 g/mol. The summed E-state index contributed by atoms with van der Waals surface area (Å²) in [6, 6.07) is 13.1. The van der Waals surface area contributed by atoms with Crippen molar-refractivity contribution in [2.75, 3.05) is 5.32 Å². The Morgan fingerprint density at radius 3 is 2.05 bits per heavy atom. The molecule has 0 saturated carbocycles. The van der Waals surface area contributed by atoms with Gasteiger partial charge in [0, 0.05) is 18.5 Å². The quantitative estimate of drug-likeness (QED) is 0.865. The van der Waals surface area contributed by atoms with Crippen molar-refractivity contribution in [1.29, 1.82) is 15.8 Å². The first kappa shape index (κ1) is 16.2. The van der Waals surface area contributed by atoms with Gasteiger partial charge in [-0.3, -0.25) is 4.79 Å². The number of nitrogens with one attached hydrogen (secondary N) is 1. The van der Waals surface area contributed by atoms with Crippen LogP contribution >= 0.6 is 0 Å². The van der Waals surface area contributed by atoms with Gasteiger partial charge in [0.05, 0.1) is 18.2 Å². The lowest BCUT2D eigenvalue weighted by molar-refractivity contribution is -0.123. The summed E-state index contributed by atoms with van der Waals surface area (Å²) in [6.45, 7) is 1.94. The zero-order valence-corrected chi connectivity index (χ0v) is 11.9. The third-order valence-corrected chi connectivity index (χ3v) is 3.29. The molecule has 21 heavy (non-hydrogen) atoms. The lowest BCUT2D eigenvalue weighted by Crippen LogP contribution is -2.35. The Balaban J connectivity index is 2.94. The van der Waals surface area contributed by atoms with E-state index >= 15 is 0 Å². The van der Waals surface area contributed by atoms with E-state index in [0.717, 1.165) is 5.56 Å². The van der Waals surface area contributed by atoms with Gasteiger partial charge < -0.3 is 5.32 Å². The van der Waals surface area contributed by atoms with Crippen molar-refractivity contribution in [3.05, 3.63) is 29.8 Å². The molecule has 1 amide bonds. The first-order valence-corrected chi connectivity index (χ1v) is 6.61. The molecule has 1 N–H and O–H groups in total. The highest BCUT2D eigenvalue weighted by Crippen LogP contribution is 2.30. The van der Waals surface area contributed by atoms with Crippen LogP contribution in [0.3, 0.4) is 0 Å². The number of nitriles is 3. The Morgan fingerprint density at radius 1 is 1.10 bits per heavy atom. The number of anilines is 1. The second-order valence-electron chi connectivity index (χ2n) is 4.83. The number of hydrogen-bond acceptors (Lipinski definition) is 4. The van der Waals surface area contributed by atoms with E-state index in [-0.39, 0.29) is 25.7 Å². The highest BCUT2D eigenvalue weighted by Gasteiger charge is 2.38. The highest BCUT2D eigenvalue weighted by molar-refractivity contribution is 5.97. The molecule has 106 valence electrons. The molecule has 0 unspecified atom stereocenters. The molecular weight excluding hydrogens is 264 g/mol. The second kappa shape index (κ2) is 7.68. The van der Waals surface area contributed by atoms with Gasteiger partial charge in [-0.15, -0.1) is 0 Å². The van der Waals surface area contributed by atoms with Gasteiger partial charge in [-0.25, -0.2) is 0 Å². The summed E-state index contributed by atoms with van der Waals surface area (Å²) >= 11 is 0. The Morgan fingerprint density at radius 2 is 1.62 bits per heavy atom. The lowest BCUT2D eigenvalue weighted by atomic mass is 9.79. The Kier molecular flexibility index (Phi) is 5.93. The fourth-order valence-electron chi connectivity index (χ4n) is 1.94. The first-order chi connectivity index (χ1) is 10.1. The van der Waals surface area contributed by atoms with Crippen LogP contribution in [-0.4, -0.2) is 5.91 Å². The minimum atomic E-state index is -1.34. The maximum atomic E-state index is 12.4. The summed E-state index contributed by atoms with van der Waals surface area (Å²) in [5.74, 6) is -0.459. The van der Waals surface area contributed by atoms with Gasteiger partial charge in [0.15, 0.2) is 0 Å². The highest BCUT2D eigenvalue weighted by atomic mass is 16.2. The van der Waals surface area contributed by atoms with Crippen molar-refractivity contribution in [3.8, 4) is 18.2 Å². The van der Waals surface area contributed by atoms with Gasteiger partial charge >= 0.3 is 0 Å². The Bertz CT molecular complexity index is 596. The summed E-state index contributed by atoms with van der Waals surface area (Å²) in [5.41, 5.74) is 0.323. The number of aryl methyl sites for hydroxylation is 1. The van der Waals surface area contributed by atoms with Crippen LogP contribution < -0.4 is 5.32 Å². The summed E-state index contributed by atoms with van der Waals surface area (Å²) in [5, 5.41) is 29.5. The molecule has 0 atom stereocenters. The molecule has 0 heterocycles. The fourth-order valence-corrected chi connectivity index (χ4v) is 1.94. The van der Waals surface area contributed by atoms with Gasteiger partial charge in [-0.1, -0.05) is 17.7 Å². The van der Waals surface area contributed by atoms with Crippen LogP contribution in [0.25, 0.3) is 0 Å². The van der Waals surface area contributed by atoms with Gasteiger partial charge in [-0.05, 0) is 31.9 Å². The van der Waals surface area contributed by atoms with Crippen LogP contribution in [0.1, 0.15) is 31.2 Å². The summed E-state index contributed by atoms with van der Waals surface area (Å²) in [7, 11) is 0. The average Bonchev–Trinajstić information content (AvgIpc) is 2.50. The van der Waals surface area contributed by atoms with Crippen molar-refractivity contribution in [1.82, 2.24) is 0 Å². The molecular formula is C16H16N4O.